The van der Waals surface area contributed by atoms with Crippen LogP contribution in [0, 0.1) is 0 Å². The molecule has 0 spiro atoms. The maximum Gasteiger partial charge on any atom is 0.411 e. The van der Waals surface area contributed by atoms with E-state index in [-0.39, 0.29) is 42.5 Å². The van der Waals surface area contributed by atoms with Gasteiger partial charge < -0.3 is 20.7 Å². The molecule has 0 aromatic heterocycles. The molecule has 10 heteroatoms. The van der Waals surface area contributed by atoms with Gasteiger partial charge in [0.2, 0.25) is 5.91 Å². The third kappa shape index (κ3) is 13.6. The molecule has 0 saturated heterocycles. The Balaban J connectivity index is 0.00000841. The van der Waals surface area contributed by atoms with E-state index in [4.69, 9.17) is 0 Å². The minimum Gasteiger partial charge on any atom is -0.367 e. The summed E-state index contributed by atoms with van der Waals surface area (Å²) in [6.45, 7) is 6.12. The molecular formula is C20H32F3IN4O2. The molecule has 1 aromatic rings. The van der Waals surface area contributed by atoms with Crippen molar-refractivity contribution in [2.24, 2.45) is 4.99 Å². The Morgan fingerprint density at radius 1 is 1.13 bits per heavy atom. The number of alkyl halides is 3. The highest BCUT2D eigenvalue weighted by atomic mass is 127. The van der Waals surface area contributed by atoms with E-state index in [0.29, 0.717) is 37.6 Å². The zero-order valence-electron chi connectivity index (χ0n) is 17.6. The number of amides is 1. The van der Waals surface area contributed by atoms with Crippen molar-refractivity contribution in [3.05, 3.63) is 35.4 Å². The molecule has 0 aliphatic carbocycles. The molecule has 0 fully saturated rings. The lowest BCUT2D eigenvalue weighted by atomic mass is 10.1. The first-order valence-electron chi connectivity index (χ1n) is 9.77. The summed E-state index contributed by atoms with van der Waals surface area (Å²) in [5.41, 5.74) is 1.58. The summed E-state index contributed by atoms with van der Waals surface area (Å²) in [7, 11) is 0. The summed E-state index contributed by atoms with van der Waals surface area (Å²) in [6.07, 6.45) is -3.09. The van der Waals surface area contributed by atoms with Crippen LogP contribution in [0.5, 0.6) is 0 Å². The molecule has 0 aliphatic heterocycles. The molecule has 0 heterocycles. The van der Waals surface area contributed by atoms with Gasteiger partial charge in [0.1, 0.15) is 6.61 Å². The van der Waals surface area contributed by atoms with E-state index in [1.54, 1.807) is 24.3 Å². The summed E-state index contributed by atoms with van der Waals surface area (Å²) < 4.78 is 40.9. The maximum absolute atomic E-state index is 12.1. The molecule has 1 unspecified atom stereocenters. The number of carbonyl (C=O) groups excluding carboxylic acids is 1. The first kappa shape index (κ1) is 28.4. The molecule has 3 N–H and O–H groups in total. The van der Waals surface area contributed by atoms with Gasteiger partial charge in [-0.2, -0.15) is 13.2 Å². The van der Waals surface area contributed by atoms with Crippen molar-refractivity contribution in [3.63, 3.8) is 0 Å². The number of nitrogens with one attached hydrogen (secondary N) is 3. The lowest BCUT2D eigenvalue weighted by Gasteiger charge is -2.13. The van der Waals surface area contributed by atoms with Crippen LogP contribution in [0.15, 0.2) is 29.3 Å². The van der Waals surface area contributed by atoms with Gasteiger partial charge in [-0.05, 0) is 31.4 Å². The van der Waals surface area contributed by atoms with E-state index >= 15 is 0 Å². The Labute approximate surface area is 193 Å². The third-order valence-corrected chi connectivity index (χ3v) is 3.99. The minimum absolute atomic E-state index is 0. The molecule has 6 nitrogen and oxygen atoms in total. The van der Waals surface area contributed by atoms with Crippen molar-refractivity contribution >= 4 is 35.8 Å². The van der Waals surface area contributed by atoms with Crippen LogP contribution in [-0.4, -0.2) is 43.8 Å². The number of rotatable bonds is 11. The van der Waals surface area contributed by atoms with Crippen LogP contribution in [-0.2, 0) is 22.7 Å². The van der Waals surface area contributed by atoms with Gasteiger partial charge >= 0.3 is 6.18 Å². The molecule has 1 atom stereocenters. The first-order chi connectivity index (χ1) is 13.7. The number of guanidine groups is 1. The normalized spacial score (nSPS) is 12.7. The number of benzene rings is 1. The van der Waals surface area contributed by atoms with E-state index in [2.05, 4.69) is 25.7 Å². The smallest absolute Gasteiger partial charge is 0.367 e. The molecule has 30 heavy (non-hydrogen) atoms. The molecule has 0 radical (unpaired) electrons. The highest BCUT2D eigenvalue weighted by Crippen LogP contribution is 2.16. The van der Waals surface area contributed by atoms with Gasteiger partial charge in [-0.3, -0.25) is 4.79 Å². The van der Waals surface area contributed by atoms with Gasteiger partial charge in [0.15, 0.2) is 5.96 Å². The Kier molecular flexibility index (Phi) is 14.5. The average Bonchev–Trinajstić information content (AvgIpc) is 2.66. The minimum atomic E-state index is -4.32. The molecule has 0 aliphatic rings. The second kappa shape index (κ2) is 15.3. The summed E-state index contributed by atoms with van der Waals surface area (Å²) >= 11 is 0. The van der Waals surface area contributed by atoms with E-state index in [9.17, 15) is 18.0 Å². The maximum atomic E-state index is 12.1. The van der Waals surface area contributed by atoms with Crippen LogP contribution in [0.4, 0.5) is 13.2 Å². The number of hydrogen-bond acceptors (Lipinski definition) is 3. The predicted molar refractivity (Wildman–Crippen MR) is 123 cm³/mol. The summed E-state index contributed by atoms with van der Waals surface area (Å²) in [4.78, 5) is 16.3. The van der Waals surface area contributed by atoms with Gasteiger partial charge in [-0.1, -0.05) is 31.2 Å². The molecule has 1 amide bonds. The SMILES string of the molecule is CCNC(=NCc1ccc(COCC(F)(F)F)cc1)NCCC(=O)NC(C)CC.I. The zero-order chi connectivity index (χ0) is 21.7. The lowest BCUT2D eigenvalue weighted by molar-refractivity contribution is -0.176. The second-order valence-electron chi connectivity index (χ2n) is 6.67. The molecule has 0 bridgehead atoms. The van der Waals surface area contributed by atoms with E-state index in [1.807, 2.05) is 20.8 Å². The van der Waals surface area contributed by atoms with Crippen LogP contribution >= 0.6 is 24.0 Å². The number of carbonyl (C=O) groups is 1. The van der Waals surface area contributed by atoms with Crippen molar-refractivity contribution < 1.29 is 22.7 Å². The van der Waals surface area contributed by atoms with Crippen LogP contribution in [0.2, 0.25) is 0 Å². The fraction of sp³-hybridized carbons (Fsp3) is 0.600. The van der Waals surface area contributed by atoms with E-state index in [0.717, 1.165) is 12.0 Å². The number of halogens is 4. The quantitative estimate of drug-likeness (QED) is 0.226. The number of ether oxygens (including phenoxy) is 1. The summed E-state index contributed by atoms with van der Waals surface area (Å²) in [6, 6.07) is 7.21. The van der Waals surface area contributed by atoms with Gasteiger partial charge in [-0.15, -0.1) is 24.0 Å². The Hall–Kier alpha value is -1.56. The number of aliphatic imine (C=N–C) groups is 1. The van der Waals surface area contributed by atoms with Crippen molar-refractivity contribution in [1.29, 1.82) is 0 Å². The Bertz CT molecular complexity index is 640. The second-order valence-corrected chi connectivity index (χ2v) is 6.67. The van der Waals surface area contributed by atoms with Crippen LogP contribution < -0.4 is 16.0 Å². The molecule has 1 aromatic carbocycles. The van der Waals surface area contributed by atoms with Gasteiger partial charge in [-0.25, -0.2) is 4.99 Å². The summed E-state index contributed by atoms with van der Waals surface area (Å²) in [5, 5.41) is 9.14. The van der Waals surface area contributed by atoms with Crippen LogP contribution in [0.3, 0.4) is 0 Å². The van der Waals surface area contributed by atoms with Crippen molar-refractivity contribution in [1.82, 2.24) is 16.0 Å². The first-order valence-corrected chi connectivity index (χ1v) is 9.77. The standard InChI is InChI=1S/C20H31F3N4O2.HI/c1-4-15(3)27-18(28)10-11-25-19(24-5-2)26-12-16-6-8-17(9-7-16)13-29-14-20(21,22)23;/h6-9,15H,4-5,10-14H2,1-3H3,(H,27,28)(H2,24,25,26);1H. The third-order valence-electron chi connectivity index (χ3n) is 3.99. The number of hydrogen-bond donors (Lipinski definition) is 3. The monoisotopic (exact) mass is 544 g/mol. The Morgan fingerprint density at radius 3 is 2.33 bits per heavy atom. The van der Waals surface area contributed by atoms with Crippen molar-refractivity contribution in [2.75, 3.05) is 19.7 Å². The molecular weight excluding hydrogens is 512 g/mol. The average molecular weight is 544 g/mol. The van der Waals surface area contributed by atoms with Crippen LogP contribution in [0.1, 0.15) is 44.7 Å². The molecule has 0 saturated carbocycles. The van der Waals surface area contributed by atoms with Gasteiger partial charge in [0, 0.05) is 25.6 Å². The van der Waals surface area contributed by atoms with E-state index < -0.39 is 12.8 Å². The van der Waals surface area contributed by atoms with Gasteiger partial charge in [0.25, 0.3) is 0 Å². The fourth-order valence-corrected chi connectivity index (χ4v) is 2.28. The van der Waals surface area contributed by atoms with E-state index in [1.165, 1.54) is 0 Å². The van der Waals surface area contributed by atoms with Gasteiger partial charge in [0.05, 0.1) is 13.2 Å². The highest BCUT2D eigenvalue weighted by molar-refractivity contribution is 14.0. The highest BCUT2D eigenvalue weighted by Gasteiger charge is 2.27. The zero-order valence-corrected chi connectivity index (χ0v) is 20.0. The molecule has 1 rings (SSSR count). The largest absolute Gasteiger partial charge is 0.411 e. The predicted octanol–water partition coefficient (Wildman–Crippen LogP) is 3.74. The number of nitrogens with zero attached hydrogens (tertiary/aromatic N) is 1. The Morgan fingerprint density at radius 2 is 1.77 bits per heavy atom. The topological polar surface area (TPSA) is 74.8 Å². The van der Waals surface area contributed by atoms with Crippen LogP contribution in [0.25, 0.3) is 0 Å². The fourth-order valence-electron chi connectivity index (χ4n) is 2.28. The van der Waals surface area contributed by atoms with Crippen molar-refractivity contribution in [2.45, 2.75) is 59.0 Å². The lowest BCUT2D eigenvalue weighted by Crippen LogP contribution is -2.40. The van der Waals surface area contributed by atoms with Crippen molar-refractivity contribution in [3.8, 4) is 0 Å². The summed E-state index contributed by atoms with van der Waals surface area (Å²) in [5.74, 6) is 0.590. The molecule has 172 valence electrons.